The second-order valence-electron chi connectivity index (χ2n) is 6.28. The minimum Gasteiger partial charge on any atom is -0.253 e. The van der Waals surface area contributed by atoms with Crippen LogP contribution in [0, 0.1) is 5.92 Å². The van der Waals surface area contributed by atoms with Gasteiger partial charge in [-0.2, -0.15) is 5.10 Å². The van der Waals surface area contributed by atoms with Gasteiger partial charge in [-0.05, 0) is 38.2 Å². The van der Waals surface area contributed by atoms with Crippen LogP contribution in [-0.4, -0.2) is 17.4 Å². The van der Waals surface area contributed by atoms with Crippen LogP contribution in [0.15, 0.2) is 68.5 Å². The number of benzene rings is 1. The number of halogens is 1. The average molecular weight is 416 g/mol. The van der Waals surface area contributed by atoms with Gasteiger partial charge in [0.2, 0.25) is 4.80 Å². The van der Waals surface area contributed by atoms with Gasteiger partial charge in [0.05, 0.1) is 12.2 Å². The van der Waals surface area contributed by atoms with Crippen LogP contribution in [0.2, 0.25) is 0 Å². The summed E-state index contributed by atoms with van der Waals surface area (Å²) in [6.45, 7) is 6.56. The van der Waals surface area contributed by atoms with Crippen LogP contribution in [0.1, 0.15) is 26.2 Å². The number of thiazole rings is 1. The van der Waals surface area contributed by atoms with Crippen molar-refractivity contribution in [3.8, 4) is 11.3 Å². The quantitative estimate of drug-likeness (QED) is 0.446. The molecular weight excluding hydrogens is 394 g/mol. The van der Waals surface area contributed by atoms with Crippen LogP contribution in [0.25, 0.3) is 11.3 Å². The minimum atomic E-state index is 0.499. The van der Waals surface area contributed by atoms with E-state index in [0.29, 0.717) is 12.5 Å². The van der Waals surface area contributed by atoms with Gasteiger partial charge in [0.15, 0.2) is 0 Å². The first-order valence-corrected chi connectivity index (χ1v) is 10.1. The largest absolute Gasteiger partial charge is 0.253 e. The van der Waals surface area contributed by atoms with E-state index in [4.69, 9.17) is 5.10 Å². The number of nitrogens with zero attached hydrogens (tertiary/aromatic N) is 3. The van der Waals surface area contributed by atoms with E-state index >= 15 is 0 Å². The first kappa shape index (κ1) is 18.1. The predicted octanol–water partition coefficient (Wildman–Crippen LogP) is 5.65. The van der Waals surface area contributed by atoms with Crippen LogP contribution in [-0.2, 0) is 0 Å². The topological polar surface area (TPSA) is 29.6 Å². The third-order valence-electron chi connectivity index (χ3n) is 4.02. The molecule has 1 heterocycles. The van der Waals surface area contributed by atoms with Gasteiger partial charge in [0.1, 0.15) is 0 Å². The van der Waals surface area contributed by atoms with Crippen molar-refractivity contribution in [2.24, 2.45) is 16.0 Å². The molecule has 1 aromatic carbocycles. The molecule has 1 aromatic heterocycles. The number of aromatic nitrogens is 1. The summed E-state index contributed by atoms with van der Waals surface area (Å²) in [6, 6.07) is 8.22. The Morgan fingerprint density at radius 2 is 2.24 bits per heavy atom. The summed E-state index contributed by atoms with van der Waals surface area (Å²) < 4.78 is 3.02. The molecule has 130 valence electrons. The molecule has 0 aliphatic heterocycles. The van der Waals surface area contributed by atoms with Gasteiger partial charge in [0.25, 0.3) is 0 Å². The van der Waals surface area contributed by atoms with Gasteiger partial charge in [0, 0.05) is 21.6 Å². The molecule has 0 spiro atoms. The van der Waals surface area contributed by atoms with Gasteiger partial charge in [-0.3, -0.25) is 4.99 Å². The van der Waals surface area contributed by atoms with Crippen LogP contribution < -0.4 is 4.80 Å². The second-order valence-corrected chi connectivity index (χ2v) is 7.97. The number of hydrogen-bond acceptors (Lipinski definition) is 3. The Morgan fingerprint density at radius 1 is 1.40 bits per heavy atom. The Balaban J connectivity index is 2.02. The predicted molar refractivity (Wildman–Crippen MR) is 111 cm³/mol. The summed E-state index contributed by atoms with van der Waals surface area (Å²) in [7, 11) is 0. The van der Waals surface area contributed by atoms with Crippen molar-refractivity contribution in [2.45, 2.75) is 26.2 Å². The smallest absolute Gasteiger partial charge is 0.206 e. The Hall–Kier alpha value is -1.72. The standard InChI is InChI=1S/C20H22BrN3S/c1-15(2)12-22-20-24(23-13-16-8-4-3-5-9-16)19(14-25-20)17-10-6-7-11-18(17)21/h3-4,6-7,10-11,13-14,16H,1,5,8-9,12H2,2H3. The maximum Gasteiger partial charge on any atom is 0.206 e. The lowest BCUT2D eigenvalue weighted by Crippen LogP contribution is -2.14. The first-order valence-electron chi connectivity index (χ1n) is 8.45. The van der Waals surface area contributed by atoms with Crippen molar-refractivity contribution < 1.29 is 0 Å². The maximum atomic E-state index is 4.81. The van der Waals surface area contributed by atoms with E-state index in [1.54, 1.807) is 11.3 Å². The van der Waals surface area contributed by atoms with Crippen molar-refractivity contribution in [2.75, 3.05) is 6.54 Å². The zero-order valence-electron chi connectivity index (χ0n) is 14.4. The van der Waals surface area contributed by atoms with Crippen molar-refractivity contribution >= 4 is 33.5 Å². The SMILES string of the molecule is C=C(C)CN=c1scc(-c2ccccc2Br)n1N=CC1CC=CCC1. The highest BCUT2D eigenvalue weighted by Crippen LogP contribution is 2.28. The molecule has 25 heavy (non-hydrogen) atoms. The molecule has 0 fully saturated rings. The molecule has 1 unspecified atom stereocenters. The lowest BCUT2D eigenvalue weighted by atomic mass is 9.96. The fourth-order valence-electron chi connectivity index (χ4n) is 2.69. The third kappa shape index (κ3) is 4.67. The first-order chi connectivity index (χ1) is 12.1. The summed E-state index contributed by atoms with van der Waals surface area (Å²) in [5.41, 5.74) is 3.22. The van der Waals surface area contributed by atoms with Crippen LogP contribution in [0.4, 0.5) is 0 Å². The fraction of sp³-hybridized carbons (Fsp3) is 0.300. The summed E-state index contributed by atoms with van der Waals surface area (Å²) in [5.74, 6) is 0.499. The Morgan fingerprint density at radius 3 is 2.96 bits per heavy atom. The zero-order valence-corrected chi connectivity index (χ0v) is 16.8. The molecule has 1 atom stereocenters. The van der Waals surface area contributed by atoms with Crippen LogP contribution in [0.3, 0.4) is 0 Å². The van der Waals surface area contributed by atoms with Crippen LogP contribution in [0.5, 0.6) is 0 Å². The molecular formula is C20H22BrN3S. The summed E-state index contributed by atoms with van der Waals surface area (Å²) >= 11 is 5.27. The van der Waals surface area contributed by atoms with E-state index in [1.807, 2.05) is 23.7 Å². The van der Waals surface area contributed by atoms with Gasteiger partial charge in [-0.25, -0.2) is 4.68 Å². The van der Waals surface area contributed by atoms with Gasteiger partial charge >= 0.3 is 0 Å². The highest BCUT2D eigenvalue weighted by Gasteiger charge is 2.12. The molecule has 3 nitrogen and oxygen atoms in total. The van der Waals surface area contributed by atoms with Crippen molar-refractivity contribution in [1.29, 1.82) is 0 Å². The van der Waals surface area contributed by atoms with Gasteiger partial charge in [-0.15, -0.1) is 11.3 Å². The Kier molecular flexibility index (Phi) is 6.21. The van der Waals surface area contributed by atoms with E-state index < -0.39 is 0 Å². The molecule has 5 heteroatoms. The molecule has 0 radical (unpaired) electrons. The number of hydrogen-bond donors (Lipinski definition) is 0. The molecule has 1 aliphatic carbocycles. The summed E-state index contributed by atoms with van der Waals surface area (Å²) in [4.78, 5) is 5.58. The van der Waals surface area contributed by atoms with E-state index in [0.717, 1.165) is 45.4 Å². The molecule has 1 aliphatic rings. The molecule has 0 saturated heterocycles. The Bertz CT molecular complexity index is 873. The molecule has 0 bridgehead atoms. The fourth-order valence-corrected chi connectivity index (χ4v) is 4.01. The summed E-state index contributed by atoms with van der Waals surface area (Å²) in [6.07, 6.45) is 9.94. The highest BCUT2D eigenvalue weighted by atomic mass is 79.9. The van der Waals surface area contributed by atoms with Gasteiger partial charge < -0.3 is 0 Å². The monoisotopic (exact) mass is 415 g/mol. The lowest BCUT2D eigenvalue weighted by Gasteiger charge is -2.12. The van der Waals surface area contributed by atoms with E-state index in [-0.39, 0.29) is 0 Å². The van der Waals surface area contributed by atoms with Crippen molar-refractivity contribution in [3.63, 3.8) is 0 Å². The molecule has 0 saturated carbocycles. The van der Waals surface area contributed by atoms with Gasteiger partial charge in [-0.1, -0.05) is 58.4 Å². The summed E-state index contributed by atoms with van der Waals surface area (Å²) in [5, 5.41) is 6.93. The molecule has 0 N–H and O–H groups in total. The molecule has 2 aromatic rings. The minimum absolute atomic E-state index is 0.499. The van der Waals surface area contributed by atoms with E-state index in [2.05, 4.69) is 63.4 Å². The Labute approximate surface area is 161 Å². The van der Waals surface area contributed by atoms with Crippen molar-refractivity contribution in [3.05, 3.63) is 63.2 Å². The van der Waals surface area contributed by atoms with E-state index in [9.17, 15) is 0 Å². The third-order valence-corrected chi connectivity index (χ3v) is 5.57. The molecule has 0 amide bonds. The zero-order chi connectivity index (χ0) is 17.6. The molecule has 3 rings (SSSR count). The lowest BCUT2D eigenvalue weighted by molar-refractivity contribution is 0.621. The van der Waals surface area contributed by atoms with Crippen LogP contribution >= 0.6 is 27.3 Å². The number of rotatable bonds is 5. The van der Waals surface area contributed by atoms with Crippen molar-refractivity contribution in [1.82, 2.24) is 4.68 Å². The maximum absolute atomic E-state index is 4.81. The normalized spacial score (nSPS) is 18.2. The average Bonchev–Trinajstić information content (AvgIpc) is 3.02. The highest BCUT2D eigenvalue weighted by molar-refractivity contribution is 9.10. The second kappa shape index (κ2) is 8.59. The number of allylic oxidation sites excluding steroid dienone is 2. The van der Waals surface area contributed by atoms with E-state index in [1.165, 1.54) is 0 Å².